The molecule has 3 rings (SSSR count). The van der Waals surface area contributed by atoms with Crippen LogP contribution in [0.3, 0.4) is 0 Å². The first-order valence-electron chi connectivity index (χ1n) is 7.08. The third-order valence-corrected chi connectivity index (χ3v) is 3.66. The maximum absolute atomic E-state index is 13.4. The first-order chi connectivity index (χ1) is 10.1. The number of carbonyl (C=O) groups excluding carboxylic acids is 1. The molecule has 1 aliphatic rings. The Morgan fingerprint density at radius 2 is 2.29 bits per heavy atom. The quantitative estimate of drug-likeness (QED) is 0.920. The first kappa shape index (κ1) is 13.7. The fraction of sp³-hybridized carbons (Fsp3) is 0.400. The van der Waals surface area contributed by atoms with Gasteiger partial charge in [-0.1, -0.05) is 11.3 Å². The largest absolute Gasteiger partial charge is 0.326 e. The van der Waals surface area contributed by atoms with Crippen molar-refractivity contribution < 1.29 is 9.18 Å². The number of amides is 1. The third kappa shape index (κ3) is 3.26. The van der Waals surface area contributed by atoms with Gasteiger partial charge in [0, 0.05) is 29.8 Å². The third-order valence-electron chi connectivity index (χ3n) is 3.66. The van der Waals surface area contributed by atoms with Crippen LogP contribution in [-0.4, -0.2) is 20.9 Å². The predicted octanol–water partition coefficient (Wildman–Crippen LogP) is 2.63. The van der Waals surface area contributed by atoms with Gasteiger partial charge in [0.15, 0.2) is 0 Å². The van der Waals surface area contributed by atoms with Crippen molar-refractivity contribution in [3.8, 4) is 0 Å². The molecular formula is C15H17FN4O. The molecule has 5 nitrogen and oxygen atoms in total. The Balaban J connectivity index is 1.54. The van der Waals surface area contributed by atoms with Crippen LogP contribution >= 0.6 is 0 Å². The second kappa shape index (κ2) is 5.63. The maximum atomic E-state index is 13.4. The van der Waals surface area contributed by atoms with Crippen LogP contribution in [0.15, 0.2) is 24.4 Å². The van der Waals surface area contributed by atoms with E-state index >= 15 is 0 Å². The number of anilines is 1. The molecule has 1 aromatic carbocycles. The van der Waals surface area contributed by atoms with Crippen molar-refractivity contribution in [2.45, 2.75) is 38.6 Å². The van der Waals surface area contributed by atoms with Gasteiger partial charge in [0.2, 0.25) is 5.91 Å². The first-order valence-corrected chi connectivity index (χ1v) is 7.08. The van der Waals surface area contributed by atoms with Crippen LogP contribution < -0.4 is 5.32 Å². The molecule has 0 atom stereocenters. The lowest BCUT2D eigenvalue weighted by molar-refractivity contribution is -0.116. The van der Waals surface area contributed by atoms with Crippen molar-refractivity contribution in [3.05, 3.63) is 41.5 Å². The maximum Gasteiger partial charge on any atom is 0.226 e. The van der Waals surface area contributed by atoms with E-state index in [-0.39, 0.29) is 18.1 Å². The van der Waals surface area contributed by atoms with Crippen LogP contribution in [0.25, 0.3) is 0 Å². The molecule has 1 aliphatic carbocycles. The van der Waals surface area contributed by atoms with E-state index in [1.54, 1.807) is 23.7 Å². The highest BCUT2D eigenvalue weighted by Crippen LogP contribution is 2.38. The number of halogens is 1. The minimum Gasteiger partial charge on any atom is -0.326 e. The van der Waals surface area contributed by atoms with E-state index in [4.69, 9.17) is 0 Å². The summed E-state index contributed by atoms with van der Waals surface area (Å²) in [5.74, 6) is 0.0767. The van der Waals surface area contributed by atoms with E-state index in [9.17, 15) is 9.18 Å². The summed E-state index contributed by atoms with van der Waals surface area (Å²) in [6.07, 6.45) is 4.54. The standard InChI is InChI=1S/C15H17FN4O/c1-10-12(16)3-2-4-13(10)17-15(21)7-8-20-9-14(18-19-20)11-5-6-11/h2-4,9,11H,5-8H2,1H3,(H,17,21). The Kier molecular flexibility index (Phi) is 3.68. The van der Waals surface area contributed by atoms with Crippen molar-refractivity contribution >= 4 is 11.6 Å². The second-order valence-corrected chi connectivity index (χ2v) is 5.39. The smallest absolute Gasteiger partial charge is 0.226 e. The molecule has 1 amide bonds. The molecule has 2 aromatic rings. The highest BCUT2D eigenvalue weighted by atomic mass is 19.1. The van der Waals surface area contributed by atoms with Gasteiger partial charge in [-0.3, -0.25) is 9.48 Å². The molecule has 0 unspecified atom stereocenters. The van der Waals surface area contributed by atoms with Crippen molar-refractivity contribution in [1.82, 2.24) is 15.0 Å². The van der Waals surface area contributed by atoms with E-state index in [1.807, 2.05) is 6.20 Å². The molecular weight excluding hydrogens is 271 g/mol. The Hall–Kier alpha value is -2.24. The average Bonchev–Trinajstić information content (AvgIpc) is 3.21. The highest BCUT2D eigenvalue weighted by molar-refractivity contribution is 5.91. The number of nitrogens with one attached hydrogen (secondary N) is 1. The molecule has 1 N–H and O–H groups in total. The number of hydrogen-bond acceptors (Lipinski definition) is 3. The summed E-state index contributed by atoms with van der Waals surface area (Å²) in [5, 5.41) is 10.8. The van der Waals surface area contributed by atoms with Crippen molar-refractivity contribution in [1.29, 1.82) is 0 Å². The molecule has 1 heterocycles. The van der Waals surface area contributed by atoms with E-state index in [1.165, 1.54) is 18.9 Å². The van der Waals surface area contributed by atoms with Crippen LogP contribution in [0.5, 0.6) is 0 Å². The molecule has 0 radical (unpaired) electrons. The van der Waals surface area contributed by atoms with Crippen LogP contribution in [0.4, 0.5) is 10.1 Å². The number of benzene rings is 1. The van der Waals surface area contributed by atoms with E-state index in [2.05, 4.69) is 15.6 Å². The van der Waals surface area contributed by atoms with Gasteiger partial charge >= 0.3 is 0 Å². The molecule has 1 fully saturated rings. The number of hydrogen-bond donors (Lipinski definition) is 1. The van der Waals surface area contributed by atoms with Gasteiger partial charge in [-0.25, -0.2) is 4.39 Å². The van der Waals surface area contributed by atoms with Crippen molar-refractivity contribution in [2.24, 2.45) is 0 Å². The number of carbonyl (C=O) groups is 1. The summed E-state index contributed by atoms with van der Waals surface area (Å²) in [6, 6.07) is 4.65. The zero-order chi connectivity index (χ0) is 14.8. The SMILES string of the molecule is Cc1c(F)cccc1NC(=O)CCn1cc(C2CC2)nn1. The fourth-order valence-electron chi connectivity index (χ4n) is 2.16. The van der Waals surface area contributed by atoms with Gasteiger partial charge in [0.05, 0.1) is 12.2 Å². The number of aryl methyl sites for hydroxylation is 1. The molecule has 21 heavy (non-hydrogen) atoms. The highest BCUT2D eigenvalue weighted by Gasteiger charge is 2.26. The normalized spacial score (nSPS) is 14.2. The summed E-state index contributed by atoms with van der Waals surface area (Å²) in [4.78, 5) is 11.9. The van der Waals surface area contributed by atoms with Gasteiger partial charge in [-0.15, -0.1) is 5.10 Å². The van der Waals surface area contributed by atoms with Crippen LogP contribution in [-0.2, 0) is 11.3 Å². The van der Waals surface area contributed by atoms with Crippen LogP contribution in [0, 0.1) is 12.7 Å². The van der Waals surface area contributed by atoms with E-state index in [0.29, 0.717) is 23.7 Å². The van der Waals surface area contributed by atoms with Gasteiger partial charge in [0.25, 0.3) is 0 Å². The Bertz CT molecular complexity index is 663. The zero-order valence-corrected chi connectivity index (χ0v) is 11.8. The predicted molar refractivity (Wildman–Crippen MR) is 76.4 cm³/mol. The number of aromatic nitrogens is 3. The summed E-state index contributed by atoms with van der Waals surface area (Å²) >= 11 is 0. The molecule has 110 valence electrons. The minimum absolute atomic E-state index is 0.160. The number of rotatable bonds is 5. The monoisotopic (exact) mass is 288 g/mol. The van der Waals surface area contributed by atoms with Gasteiger partial charge < -0.3 is 5.32 Å². The molecule has 0 aliphatic heterocycles. The summed E-state index contributed by atoms with van der Waals surface area (Å²) in [5.41, 5.74) is 1.97. The van der Waals surface area contributed by atoms with Gasteiger partial charge in [0.1, 0.15) is 5.82 Å². The topological polar surface area (TPSA) is 59.8 Å². The van der Waals surface area contributed by atoms with Crippen LogP contribution in [0.2, 0.25) is 0 Å². The second-order valence-electron chi connectivity index (χ2n) is 5.39. The average molecular weight is 288 g/mol. The van der Waals surface area contributed by atoms with Gasteiger partial charge in [-0.05, 0) is 31.9 Å². The van der Waals surface area contributed by atoms with Crippen LogP contribution in [0.1, 0.15) is 36.4 Å². The molecule has 0 saturated heterocycles. The van der Waals surface area contributed by atoms with E-state index < -0.39 is 0 Å². The minimum atomic E-state index is -0.321. The summed E-state index contributed by atoms with van der Waals surface area (Å²) in [6.45, 7) is 2.12. The summed E-state index contributed by atoms with van der Waals surface area (Å²) in [7, 11) is 0. The molecule has 1 saturated carbocycles. The zero-order valence-electron chi connectivity index (χ0n) is 11.8. The lowest BCUT2D eigenvalue weighted by Crippen LogP contribution is -2.15. The fourth-order valence-corrected chi connectivity index (χ4v) is 2.16. The lowest BCUT2D eigenvalue weighted by Gasteiger charge is -2.08. The Morgan fingerprint density at radius 1 is 1.48 bits per heavy atom. The van der Waals surface area contributed by atoms with Gasteiger partial charge in [-0.2, -0.15) is 0 Å². The molecule has 0 bridgehead atoms. The molecule has 1 aromatic heterocycles. The number of nitrogens with zero attached hydrogens (tertiary/aromatic N) is 3. The van der Waals surface area contributed by atoms with E-state index in [0.717, 1.165) is 5.69 Å². The Labute approximate surface area is 122 Å². The molecule has 6 heteroatoms. The van der Waals surface area contributed by atoms with Crippen molar-refractivity contribution in [3.63, 3.8) is 0 Å². The Morgan fingerprint density at radius 3 is 3.05 bits per heavy atom. The molecule has 0 spiro atoms. The van der Waals surface area contributed by atoms with Crippen molar-refractivity contribution in [2.75, 3.05) is 5.32 Å². The summed E-state index contributed by atoms with van der Waals surface area (Å²) < 4.78 is 15.1. The lowest BCUT2D eigenvalue weighted by atomic mass is 10.2.